The molecule has 3 N–H and O–H groups in total. The van der Waals surface area contributed by atoms with Crippen LogP contribution in [-0.4, -0.2) is 115 Å². The van der Waals surface area contributed by atoms with Crippen molar-refractivity contribution in [1.29, 1.82) is 0 Å². The van der Waals surface area contributed by atoms with Crippen LogP contribution in [0.2, 0.25) is 0 Å². The van der Waals surface area contributed by atoms with Crippen molar-refractivity contribution in [3.63, 3.8) is 0 Å². The number of nitrogens with zero attached hydrogens (tertiary/aromatic N) is 1. The fourth-order valence-electron chi connectivity index (χ4n) is 3.88. The van der Waals surface area contributed by atoms with Gasteiger partial charge in [-0.3, -0.25) is 19.3 Å². The zero-order chi connectivity index (χ0) is 26.9. The summed E-state index contributed by atoms with van der Waals surface area (Å²) in [7, 11) is 3.37. The second kappa shape index (κ2) is 17.8. The van der Waals surface area contributed by atoms with Crippen LogP contribution in [0.5, 0.6) is 0 Å². The molecule has 37 heavy (non-hydrogen) atoms. The number of carbonyl (C=O) groups excluding carboxylic acids is 4. The topological polar surface area (TPSA) is 145 Å². The molecule has 2 rings (SSSR count). The van der Waals surface area contributed by atoms with E-state index in [0.717, 1.165) is 11.4 Å². The third-order valence-corrected chi connectivity index (χ3v) is 5.83. The molecule has 0 aromatic rings. The van der Waals surface area contributed by atoms with Crippen molar-refractivity contribution < 1.29 is 38.1 Å². The van der Waals surface area contributed by atoms with E-state index in [9.17, 15) is 19.2 Å². The molecule has 1 unspecified atom stereocenters. The summed E-state index contributed by atoms with van der Waals surface area (Å²) in [6, 6.07) is -0.977. The van der Waals surface area contributed by atoms with Crippen molar-refractivity contribution in [3.05, 3.63) is 22.9 Å². The molecular weight excluding hydrogens is 484 g/mol. The first-order chi connectivity index (χ1) is 18.0. The van der Waals surface area contributed by atoms with Gasteiger partial charge in [-0.2, -0.15) is 0 Å². The Labute approximate surface area is 218 Å². The number of ether oxygens (including phenoxy) is 4. The SMILES string of the molecule is CNCCOCCOCCOCCOCCNC1=CCCC2=C1C(=O)N(C(C=O)CCC(=O)NC)C2=O. The van der Waals surface area contributed by atoms with Gasteiger partial charge >= 0.3 is 0 Å². The van der Waals surface area contributed by atoms with E-state index in [1.807, 2.05) is 13.1 Å². The predicted molar refractivity (Wildman–Crippen MR) is 135 cm³/mol. The van der Waals surface area contributed by atoms with Crippen LogP contribution in [0.3, 0.4) is 0 Å². The number of amides is 3. The Kier molecular flexibility index (Phi) is 14.7. The molecule has 12 nitrogen and oxygen atoms in total. The first-order valence-corrected chi connectivity index (χ1v) is 12.7. The molecule has 1 aliphatic heterocycles. The quantitative estimate of drug-likeness (QED) is 0.100. The average Bonchev–Trinajstić information content (AvgIpc) is 3.17. The molecule has 0 bridgehead atoms. The van der Waals surface area contributed by atoms with E-state index < -0.39 is 17.9 Å². The van der Waals surface area contributed by atoms with Gasteiger partial charge in [-0.1, -0.05) is 6.08 Å². The van der Waals surface area contributed by atoms with E-state index >= 15 is 0 Å². The third-order valence-electron chi connectivity index (χ3n) is 5.83. The first kappa shape index (κ1) is 30.6. The lowest BCUT2D eigenvalue weighted by Crippen LogP contribution is -2.43. The molecule has 0 fully saturated rings. The van der Waals surface area contributed by atoms with Gasteiger partial charge in [-0.05, 0) is 26.3 Å². The molecule has 2 aliphatic rings. The molecule has 3 amide bonds. The van der Waals surface area contributed by atoms with Gasteiger partial charge in [-0.25, -0.2) is 0 Å². The zero-order valence-electron chi connectivity index (χ0n) is 21.8. The number of hydrogen-bond donors (Lipinski definition) is 3. The van der Waals surface area contributed by atoms with E-state index in [2.05, 4.69) is 16.0 Å². The molecule has 1 heterocycles. The highest BCUT2D eigenvalue weighted by Gasteiger charge is 2.43. The van der Waals surface area contributed by atoms with Gasteiger partial charge in [0.2, 0.25) is 5.91 Å². The van der Waals surface area contributed by atoms with Crippen LogP contribution in [0.25, 0.3) is 0 Å². The Bertz CT molecular complexity index is 830. The number of imide groups is 1. The Morgan fingerprint density at radius 1 is 0.946 bits per heavy atom. The van der Waals surface area contributed by atoms with E-state index in [0.29, 0.717) is 95.4 Å². The molecule has 1 aliphatic carbocycles. The Morgan fingerprint density at radius 2 is 1.54 bits per heavy atom. The van der Waals surface area contributed by atoms with Crippen LogP contribution in [0.1, 0.15) is 25.7 Å². The van der Waals surface area contributed by atoms with Crippen molar-refractivity contribution in [1.82, 2.24) is 20.9 Å². The van der Waals surface area contributed by atoms with Crippen LogP contribution in [0, 0.1) is 0 Å². The summed E-state index contributed by atoms with van der Waals surface area (Å²) in [6.07, 6.45) is 3.60. The van der Waals surface area contributed by atoms with Gasteiger partial charge in [0, 0.05) is 37.8 Å². The maximum Gasteiger partial charge on any atom is 0.263 e. The van der Waals surface area contributed by atoms with Crippen molar-refractivity contribution in [2.75, 3.05) is 80.0 Å². The number of allylic oxidation sites excluding steroid dienone is 1. The summed E-state index contributed by atoms with van der Waals surface area (Å²) in [6.45, 7) is 5.20. The molecule has 0 radical (unpaired) electrons. The number of hydrogen-bond acceptors (Lipinski definition) is 10. The van der Waals surface area contributed by atoms with Gasteiger partial charge in [0.05, 0.1) is 64.5 Å². The molecular formula is C25H40N4O8. The monoisotopic (exact) mass is 524 g/mol. The lowest BCUT2D eigenvalue weighted by molar-refractivity contribution is -0.143. The van der Waals surface area contributed by atoms with Gasteiger partial charge in [0.25, 0.3) is 11.8 Å². The molecule has 0 aromatic carbocycles. The number of nitrogens with one attached hydrogen (secondary N) is 3. The Morgan fingerprint density at radius 3 is 2.11 bits per heavy atom. The van der Waals surface area contributed by atoms with Crippen LogP contribution >= 0.6 is 0 Å². The number of carbonyl (C=O) groups is 4. The van der Waals surface area contributed by atoms with E-state index in [4.69, 9.17) is 18.9 Å². The average molecular weight is 525 g/mol. The third kappa shape index (κ3) is 9.97. The highest BCUT2D eigenvalue weighted by atomic mass is 16.6. The van der Waals surface area contributed by atoms with Crippen molar-refractivity contribution in [2.24, 2.45) is 0 Å². The molecule has 0 spiro atoms. The highest BCUT2D eigenvalue weighted by molar-refractivity contribution is 6.22. The van der Waals surface area contributed by atoms with Crippen LogP contribution < -0.4 is 16.0 Å². The Balaban J connectivity index is 1.64. The highest BCUT2D eigenvalue weighted by Crippen LogP contribution is 2.34. The lowest BCUT2D eigenvalue weighted by atomic mass is 9.96. The second-order valence-electron chi connectivity index (χ2n) is 8.39. The second-order valence-corrected chi connectivity index (χ2v) is 8.39. The molecule has 1 atom stereocenters. The molecule has 0 saturated carbocycles. The standard InChI is InChI=1S/C25H40N4O8/c1-26-8-10-34-12-14-36-16-17-37-15-13-35-11-9-28-21-5-3-4-20-23(21)25(33)29(24(20)32)19(18-30)6-7-22(31)27-2/h5,18-19,26,28H,3-4,6-17H2,1-2H3,(H,27,31). The van der Waals surface area contributed by atoms with Crippen molar-refractivity contribution >= 4 is 24.0 Å². The van der Waals surface area contributed by atoms with Crippen molar-refractivity contribution in [3.8, 4) is 0 Å². The van der Waals surface area contributed by atoms with Gasteiger partial charge in [0.1, 0.15) is 6.29 Å². The Hall–Kier alpha value is -2.64. The number of aldehydes is 1. The summed E-state index contributed by atoms with van der Waals surface area (Å²) in [5.41, 5.74) is 1.28. The largest absolute Gasteiger partial charge is 0.382 e. The molecule has 0 saturated heterocycles. The zero-order valence-corrected chi connectivity index (χ0v) is 21.8. The van der Waals surface area contributed by atoms with E-state index in [1.54, 1.807) is 0 Å². The maximum atomic E-state index is 13.1. The minimum absolute atomic E-state index is 0.0445. The van der Waals surface area contributed by atoms with Gasteiger partial charge in [-0.15, -0.1) is 0 Å². The van der Waals surface area contributed by atoms with Crippen molar-refractivity contribution in [2.45, 2.75) is 31.7 Å². The number of rotatable bonds is 21. The maximum absolute atomic E-state index is 13.1. The minimum atomic E-state index is -0.977. The smallest absolute Gasteiger partial charge is 0.263 e. The minimum Gasteiger partial charge on any atom is -0.382 e. The summed E-state index contributed by atoms with van der Waals surface area (Å²) in [5, 5.41) is 8.65. The van der Waals surface area contributed by atoms with Crippen LogP contribution in [0.15, 0.2) is 22.9 Å². The number of likely N-dealkylation sites (N-methyl/N-ethyl adjacent to an activating group) is 1. The summed E-state index contributed by atoms with van der Waals surface area (Å²) in [4.78, 5) is 50.1. The predicted octanol–water partition coefficient (Wildman–Crippen LogP) is -0.701. The van der Waals surface area contributed by atoms with Gasteiger partial charge in [0.15, 0.2) is 0 Å². The van der Waals surface area contributed by atoms with Crippen LogP contribution in [0.4, 0.5) is 0 Å². The van der Waals surface area contributed by atoms with E-state index in [1.165, 1.54) is 7.05 Å². The lowest BCUT2D eigenvalue weighted by Gasteiger charge is -2.22. The molecule has 0 aromatic heterocycles. The first-order valence-electron chi connectivity index (χ1n) is 12.7. The van der Waals surface area contributed by atoms with Crippen LogP contribution in [-0.2, 0) is 38.1 Å². The summed E-state index contributed by atoms with van der Waals surface area (Å²) in [5.74, 6) is -1.22. The van der Waals surface area contributed by atoms with Gasteiger partial charge < -0.3 is 39.7 Å². The summed E-state index contributed by atoms with van der Waals surface area (Å²) < 4.78 is 21.8. The van der Waals surface area contributed by atoms with E-state index in [-0.39, 0.29) is 18.7 Å². The normalized spacial score (nSPS) is 16.1. The summed E-state index contributed by atoms with van der Waals surface area (Å²) >= 11 is 0. The molecule has 208 valence electrons. The fraction of sp³-hybridized carbons (Fsp3) is 0.680. The molecule has 12 heteroatoms. The fourth-order valence-corrected chi connectivity index (χ4v) is 3.88.